The number of hydrogen-bond acceptors (Lipinski definition) is 2. The van der Waals surface area contributed by atoms with E-state index < -0.39 is 0 Å². The van der Waals surface area contributed by atoms with Gasteiger partial charge in [-0.15, -0.1) is 0 Å². The van der Waals surface area contributed by atoms with Crippen LogP contribution < -0.4 is 5.32 Å². The first-order chi connectivity index (χ1) is 7.70. The molecule has 0 aliphatic heterocycles. The molecule has 0 saturated heterocycles. The average molecular weight is 225 g/mol. The van der Waals surface area contributed by atoms with Crippen LogP contribution in [0.15, 0.2) is 0 Å². The second kappa shape index (κ2) is 5.17. The molecule has 16 heavy (non-hydrogen) atoms. The molecule has 0 aromatic heterocycles. The maximum absolute atomic E-state index is 11.8. The summed E-state index contributed by atoms with van der Waals surface area (Å²) in [5.41, 5.74) is 0. The zero-order chi connectivity index (χ0) is 11.5. The zero-order valence-corrected chi connectivity index (χ0v) is 10.4. The van der Waals surface area contributed by atoms with Gasteiger partial charge < -0.3 is 10.1 Å². The molecule has 1 N–H and O–H groups in total. The summed E-state index contributed by atoms with van der Waals surface area (Å²) < 4.78 is 5.77. The van der Waals surface area contributed by atoms with Crippen LogP contribution in [0.3, 0.4) is 0 Å². The molecule has 3 unspecified atom stereocenters. The van der Waals surface area contributed by atoms with Crippen molar-refractivity contribution in [2.24, 2.45) is 17.8 Å². The molecule has 0 radical (unpaired) electrons. The number of carbonyl (C=O) groups excluding carboxylic acids is 1. The average Bonchev–Trinajstić information content (AvgIpc) is 3.12. The molecule has 3 nitrogen and oxygen atoms in total. The van der Waals surface area contributed by atoms with Crippen LogP contribution in [0.2, 0.25) is 0 Å². The molecule has 3 heteroatoms. The van der Waals surface area contributed by atoms with E-state index >= 15 is 0 Å². The summed E-state index contributed by atoms with van der Waals surface area (Å²) in [7, 11) is 0. The first kappa shape index (κ1) is 11.9. The predicted molar refractivity (Wildman–Crippen MR) is 63.0 cm³/mol. The smallest absolute Gasteiger partial charge is 0.249 e. The van der Waals surface area contributed by atoms with Gasteiger partial charge in [-0.1, -0.05) is 6.92 Å². The third-order valence-corrected chi connectivity index (χ3v) is 3.67. The van der Waals surface area contributed by atoms with E-state index in [1.807, 2.05) is 6.92 Å². The van der Waals surface area contributed by atoms with E-state index in [0.29, 0.717) is 12.5 Å². The Bertz CT molecular complexity index is 250. The lowest BCUT2D eigenvalue weighted by atomic mass is 10.1. The molecule has 92 valence electrons. The molecule has 2 aliphatic rings. The molecule has 2 fully saturated rings. The minimum Gasteiger partial charge on any atom is -0.368 e. The van der Waals surface area contributed by atoms with E-state index in [2.05, 4.69) is 12.2 Å². The lowest BCUT2D eigenvalue weighted by Crippen LogP contribution is -2.37. The molecule has 2 rings (SSSR count). The van der Waals surface area contributed by atoms with E-state index in [9.17, 15) is 4.79 Å². The van der Waals surface area contributed by atoms with Crippen LogP contribution in [0.5, 0.6) is 0 Å². The Morgan fingerprint density at radius 1 is 1.50 bits per heavy atom. The van der Waals surface area contributed by atoms with Gasteiger partial charge in [0, 0.05) is 6.54 Å². The highest BCUT2D eigenvalue weighted by molar-refractivity contribution is 5.80. The van der Waals surface area contributed by atoms with Crippen molar-refractivity contribution in [3.05, 3.63) is 0 Å². The van der Waals surface area contributed by atoms with Gasteiger partial charge in [0.15, 0.2) is 0 Å². The van der Waals surface area contributed by atoms with Gasteiger partial charge in [-0.05, 0) is 50.4 Å². The molecule has 0 aromatic carbocycles. The van der Waals surface area contributed by atoms with Crippen LogP contribution in [0.4, 0.5) is 0 Å². The molecule has 0 bridgehead atoms. The summed E-state index contributed by atoms with van der Waals surface area (Å²) in [4.78, 5) is 11.8. The molecule has 2 saturated carbocycles. The van der Waals surface area contributed by atoms with Gasteiger partial charge in [0.2, 0.25) is 5.91 Å². The Morgan fingerprint density at radius 3 is 2.69 bits per heavy atom. The van der Waals surface area contributed by atoms with Crippen molar-refractivity contribution < 1.29 is 9.53 Å². The van der Waals surface area contributed by atoms with Crippen LogP contribution in [0, 0.1) is 17.8 Å². The molecule has 0 heterocycles. The first-order valence-corrected chi connectivity index (χ1v) is 6.60. The fourth-order valence-corrected chi connectivity index (χ4v) is 2.08. The summed E-state index contributed by atoms with van der Waals surface area (Å²) >= 11 is 0. The SMILES string of the molecule is CCNC(=O)C(CC1CC1C)OCC1CC1. The van der Waals surface area contributed by atoms with Crippen molar-refractivity contribution in [1.82, 2.24) is 5.32 Å². The highest BCUT2D eigenvalue weighted by atomic mass is 16.5. The van der Waals surface area contributed by atoms with Crippen molar-refractivity contribution in [2.75, 3.05) is 13.2 Å². The number of carbonyl (C=O) groups is 1. The predicted octanol–water partition coefficient (Wildman–Crippen LogP) is 1.96. The highest BCUT2D eigenvalue weighted by Gasteiger charge is 2.37. The zero-order valence-electron chi connectivity index (χ0n) is 10.4. The fraction of sp³-hybridized carbons (Fsp3) is 0.923. The van der Waals surface area contributed by atoms with Crippen LogP contribution >= 0.6 is 0 Å². The number of likely N-dealkylation sites (N-methyl/N-ethyl adjacent to an activating group) is 1. The maximum Gasteiger partial charge on any atom is 0.249 e. The van der Waals surface area contributed by atoms with E-state index in [0.717, 1.165) is 24.9 Å². The summed E-state index contributed by atoms with van der Waals surface area (Å²) in [6.45, 7) is 5.68. The summed E-state index contributed by atoms with van der Waals surface area (Å²) in [5.74, 6) is 2.32. The summed E-state index contributed by atoms with van der Waals surface area (Å²) in [6.07, 6.45) is 4.54. The largest absolute Gasteiger partial charge is 0.368 e. The molecular formula is C13H23NO2. The van der Waals surface area contributed by atoms with Crippen molar-refractivity contribution in [1.29, 1.82) is 0 Å². The Morgan fingerprint density at radius 2 is 2.19 bits per heavy atom. The summed E-state index contributed by atoms with van der Waals surface area (Å²) in [5, 5.41) is 2.87. The Labute approximate surface area is 97.9 Å². The van der Waals surface area contributed by atoms with Crippen molar-refractivity contribution in [3.63, 3.8) is 0 Å². The standard InChI is InChI=1S/C13H23NO2/c1-3-14-13(15)12(7-11-6-9(11)2)16-8-10-4-5-10/h9-12H,3-8H2,1-2H3,(H,14,15). The monoisotopic (exact) mass is 225 g/mol. The third kappa shape index (κ3) is 3.48. The molecule has 0 aromatic rings. The van der Waals surface area contributed by atoms with Crippen molar-refractivity contribution >= 4 is 5.91 Å². The van der Waals surface area contributed by atoms with Gasteiger partial charge in [0.25, 0.3) is 0 Å². The molecule has 3 atom stereocenters. The molecular weight excluding hydrogens is 202 g/mol. The van der Waals surface area contributed by atoms with Gasteiger partial charge in [-0.2, -0.15) is 0 Å². The topological polar surface area (TPSA) is 38.3 Å². The number of nitrogens with one attached hydrogen (secondary N) is 1. The first-order valence-electron chi connectivity index (χ1n) is 6.60. The minimum absolute atomic E-state index is 0.0854. The van der Waals surface area contributed by atoms with Crippen LogP contribution in [-0.4, -0.2) is 25.2 Å². The van der Waals surface area contributed by atoms with E-state index in [1.54, 1.807) is 0 Å². The minimum atomic E-state index is -0.199. The molecule has 0 spiro atoms. The molecule has 2 aliphatic carbocycles. The second-order valence-electron chi connectivity index (χ2n) is 5.37. The van der Waals surface area contributed by atoms with Gasteiger partial charge in [0.1, 0.15) is 6.10 Å². The van der Waals surface area contributed by atoms with Crippen LogP contribution in [0.25, 0.3) is 0 Å². The summed E-state index contributed by atoms with van der Waals surface area (Å²) in [6, 6.07) is 0. The van der Waals surface area contributed by atoms with Crippen LogP contribution in [-0.2, 0) is 9.53 Å². The Kier molecular flexibility index (Phi) is 3.85. The van der Waals surface area contributed by atoms with E-state index in [1.165, 1.54) is 19.3 Å². The fourth-order valence-electron chi connectivity index (χ4n) is 2.08. The van der Waals surface area contributed by atoms with Gasteiger partial charge >= 0.3 is 0 Å². The van der Waals surface area contributed by atoms with Crippen LogP contribution in [0.1, 0.15) is 39.5 Å². The van der Waals surface area contributed by atoms with E-state index in [4.69, 9.17) is 4.74 Å². The third-order valence-electron chi connectivity index (χ3n) is 3.67. The normalized spacial score (nSPS) is 29.9. The quantitative estimate of drug-likeness (QED) is 0.719. The highest BCUT2D eigenvalue weighted by Crippen LogP contribution is 2.42. The van der Waals surface area contributed by atoms with Gasteiger partial charge in [-0.25, -0.2) is 0 Å². The van der Waals surface area contributed by atoms with Gasteiger partial charge in [0.05, 0.1) is 6.61 Å². The number of hydrogen-bond donors (Lipinski definition) is 1. The number of rotatable bonds is 7. The lowest BCUT2D eigenvalue weighted by molar-refractivity contribution is -0.133. The number of ether oxygens (including phenoxy) is 1. The molecule has 1 amide bonds. The Hall–Kier alpha value is -0.570. The van der Waals surface area contributed by atoms with Gasteiger partial charge in [-0.3, -0.25) is 4.79 Å². The van der Waals surface area contributed by atoms with Crippen molar-refractivity contribution in [2.45, 2.75) is 45.6 Å². The number of amides is 1. The second-order valence-corrected chi connectivity index (χ2v) is 5.37. The Balaban J connectivity index is 1.75. The van der Waals surface area contributed by atoms with E-state index in [-0.39, 0.29) is 12.0 Å². The lowest BCUT2D eigenvalue weighted by Gasteiger charge is -2.17. The van der Waals surface area contributed by atoms with Crippen molar-refractivity contribution in [3.8, 4) is 0 Å². The maximum atomic E-state index is 11.8.